The van der Waals surface area contributed by atoms with Crippen LogP contribution in [0, 0.1) is 5.92 Å². The minimum Gasteiger partial charge on any atom is -0.381 e. The molecular formula is C26H35N7O. The Morgan fingerprint density at radius 3 is 2.59 bits per heavy atom. The van der Waals surface area contributed by atoms with Crippen molar-refractivity contribution in [2.75, 3.05) is 36.4 Å². The molecule has 1 aliphatic carbocycles. The zero-order valence-corrected chi connectivity index (χ0v) is 20.3. The normalized spacial score (nSPS) is 18.3. The molecule has 8 nitrogen and oxygen atoms in total. The number of hydrogen-bond donors (Lipinski definition) is 1. The summed E-state index contributed by atoms with van der Waals surface area (Å²) < 4.78 is 1.89. The fourth-order valence-corrected chi connectivity index (χ4v) is 5.41. The van der Waals surface area contributed by atoms with E-state index in [0.717, 1.165) is 42.2 Å². The highest BCUT2D eigenvalue weighted by atomic mass is 16.2. The molecule has 0 bridgehead atoms. The highest BCUT2D eigenvalue weighted by Crippen LogP contribution is 2.32. The quantitative estimate of drug-likeness (QED) is 0.593. The SMILES string of the molecule is CCn1ncc2c(N[C@H](C)C3CCCCC3)c(C(=O)N3CCN(c4ccccn4)CC3)cnc21. The minimum atomic E-state index is 0.0395. The molecule has 1 atom stereocenters. The summed E-state index contributed by atoms with van der Waals surface area (Å²) in [5.74, 6) is 1.63. The molecule has 8 heteroatoms. The molecule has 0 spiro atoms. The first-order valence-corrected chi connectivity index (χ1v) is 12.7. The van der Waals surface area contributed by atoms with E-state index >= 15 is 0 Å². The van der Waals surface area contributed by atoms with Gasteiger partial charge < -0.3 is 15.1 Å². The van der Waals surface area contributed by atoms with Crippen LogP contribution in [-0.4, -0.2) is 62.8 Å². The Kier molecular flexibility index (Phi) is 6.65. The number of pyridine rings is 2. The van der Waals surface area contributed by atoms with Crippen LogP contribution in [0.15, 0.2) is 36.8 Å². The largest absolute Gasteiger partial charge is 0.381 e. The summed E-state index contributed by atoms with van der Waals surface area (Å²) >= 11 is 0. The number of piperazine rings is 1. The van der Waals surface area contributed by atoms with Gasteiger partial charge >= 0.3 is 0 Å². The number of rotatable bonds is 6. The Morgan fingerprint density at radius 2 is 1.88 bits per heavy atom. The van der Waals surface area contributed by atoms with Gasteiger partial charge in [-0.25, -0.2) is 14.6 Å². The third-order valence-corrected chi connectivity index (χ3v) is 7.47. The van der Waals surface area contributed by atoms with E-state index in [2.05, 4.69) is 39.1 Å². The monoisotopic (exact) mass is 461 g/mol. The Labute approximate surface area is 201 Å². The van der Waals surface area contributed by atoms with E-state index in [9.17, 15) is 4.79 Å². The molecule has 4 heterocycles. The van der Waals surface area contributed by atoms with Crippen LogP contribution in [0.1, 0.15) is 56.3 Å². The van der Waals surface area contributed by atoms with Crippen molar-refractivity contribution in [3.63, 3.8) is 0 Å². The molecule has 3 aromatic heterocycles. The van der Waals surface area contributed by atoms with Crippen molar-refractivity contribution in [2.45, 2.75) is 58.5 Å². The second kappa shape index (κ2) is 9.99. The van der Waals surface area contributed by atoms with Crippen molar-refractivity contribution < 1.29 is 4.79 Å². The second-order valence-corrected chi connectivity index (χ2v) is 9.54. The molecule has 1 N–H and O–H groups in total. The van der Waals surface area contributed by atoms with E-state index in [0.29, 0.717) is 30.6 Å². The first kappa shape index (κ1) is 22.6. The summed E-state index contributed by atoms with van der Waals surface area (Å²) in [5.41, 5.74) is 2.37. The van der Waals surface area contributed by atoms with Crippen molar-refractivity contribution >= 4 is 28.4 Å². The predicted octanol–water partition coefficient (Wildman–Crippen LogP) is 4.19. The van der Waals surface area contributed by atoms with Gasteiger partial charge in [0, 0.05) is 51.2 Å². The molecule has 0 unspecified atom stereocenters. The lowest BCUT2D eigenvalue weighted by Gasteiger charge is -2.36. The third kappa shape index (κ3) is 4.45. The van der Waals surface area contributed by atoms with E-state index in [-0.39, 0.29) is 5.91 Å². The Morgan fingerprint density at radius 1 is 1.09 bits per heavy atom. The van der Waals surface area contributed by atoms with Gasteiger partial charge in [0.15, 0.2) is 5.65 Å². The zero-order valence-electron chi connectivity index (χ0n) is 20.3. The van der Waals surface area contributed by atoms with E-state index in [1.165, 1.54) is 32.1 Å². The van der Waals surface area contributed by atoms with Gasteiger partial charge in [-0.15, -0.1) is 0 Å². The molecule has 1 amide bonds. The molecule has 0 aromatic carbocycles. The molecule has 5 rings (SSSR count). The number of nitrogens with one attached hydrogen (secondary N) is 1. The average molecular weight is 462 g/mol. The molecule has 2 fully saturated rings. The highest BCUT2D eigenvalue weighted by Gasteiger charge is 2.28. The zero-order chi connectivity index (χ0) is 23.5. The van der Waals surface area contributed by atoms with E-state index in [1.54, 1.807) is 6.20 Å². The van der Waals surface area contributed by atoms with Gasteiger partial charge in [-0.2, -0.15) is 5.10 Å². The first-order chi connectivity index (χ1) is 16.7. The van der Waals surface area contributed by atoms with Gasteiger partial charge in [-0.05, 0) is 44.7 Å². The summed E-state index contributed by atoms with van der Waals surface area (Å²) in [7, 11) is 0. The second-order valence-electron chi connectivity index (χ2n) is 9.54. The Balaban J connectivity index is 1.39. The number of carbonyl (C=O) groups excluding carboxylic acids is 1. The summed E-state index contributed by atoms with van der Waals surface area (Å²) in [6.07, 6.45) is 11.8. The average Bonchev–Trinajstić information content (AvgIpc) is 3.33. The number of amides is 1. The smallest absolute Gasteiger partial charge is 0.257 e. The van der Waals surface area contributed by atoms with Crippen LogP contribution in [-0.2, 0) is 6.54 Å². The van der Waals surface area contributed by atoms with Crippen LogP contribution in [0.5, 0.6) is 0 Å². The van der Waals surface area contributed by atoms with Crippen molar-refractivity contribution in [3.8, 4) is 0 Å². The Bertz CT molecular complexity index is 1110. The van der Waals surface area contributed by atoms with Gasteiger partial charge in [0.1, 0.15) is 5.82 Å². The number of carbonyl (C=O) groups is 1. The predicted molar refractivity (Wildman–Crippen MR) is 135 cm³/mol. The van der Waals surface area contributed by atoms with E-state index in [4.69, 9.17) is 0 Å². The molecule has 34 heavy (non-hydrogen) atoms. The topological polar surface area (TPSA) is 79.2 Å². The van der Waals surface area contributed by atoms with Crippen molar-refractivity contribution in [1.82, 2.24) is 24.6 Å². The van der Waals surface area contributed by atoms with Crippen LogP contribution in [0.3, 0.4) is 0 Å². The van der Waals surface area contributed by atoms with Crippen molar-refractivity contribution in [3.05, 3.63) is 42.4 Å². The van der Waals surface area contributed by atoms with Crippen LogP contribution >= 0.6 is 0 Å². The minimum absolute atomic E-state index is 0.0395. The fraction of sp³-hybridized carbons (Fsp3) is 0.538. The maximum atomic E-state index is 13.7. The molecule has 1 aliphatic heterocycles. The van der Waals surface area contributed by atoms with Crippen molar-refractivity contribution in [1.29, 1.82) is 0 Å². The highest BCUT2D eigenvalue weighted by molar-refractivity contribution is 6.06. The van der Waals surface area contributed by atoms with Crippen LogP contribution in [0.25, 0.3) is 11.0 Å². The lowest BCUT2D eigenvalue weighted by atomic mass is 9.84. The Hall–Kier alpha value is -3.16. The van der Waals surface area contributed by atoms with Crippen LogP contribution in [0.2, 0.25) is 0 Å². The summed E-state index contributed by atoms with van der Waals surface area (Å²) in [6, 6.07) is 6.25. The number of hydrogen-bond acceptors (Lipinski definition) is 6. The standard InChI is InChI=1S/C26H35N7O/c1-3-33-25-21(18-29-33)24(30-19(2)20-9-5-4-6-10-20)22(17-28-25)26(34)32-15-13-31(14-16-32)23-11-7-8-12-27-23/h7-8,11-12,17-20H,3-6,9-10,13-16H2,1-2H3,(H,28,30)/t19-/m1/s1. The molecule has 3 aromatic rings. The van der Waals surface area contributed by atoms with Crippen molar-refractivity contribution in [2.24, 2.45) is 5.92 Å². The molecule has 1 saturated heterocycles. The maximum Gasteiger partial charge on any atom is 0.257 e. The number of anilines is 2. The van der Waals surface area contributed by atoms with E-state index in [1.807, 2.05) is 40.2 Å². The number of aryl methyl sites for hydroxylation is 1. The van der Waals surface area contributed by atoms with Crippen LogP contribution in [0.4, 0.5) is 11.5 Å². The molecule has 0 radical (unpaired) electrons. The molecule has 180 valence electrons. The maximum absolute atomic E-state index is 13.7. The third-order valence-electron chi connectivity index (χ3n) is 7.47. The summed E-state index contributed by atoms with van der Waals surface area (Å²) in [6.45, 7) is 7.94. The lowest BCUT2D eigenvalue weighted by molar-refractivity contribution is 0.0747. The van der Waals surface area contributed by atoms with Crippen LogP contribution < -0.4 is 10.2 Å². The number of aromatic nitrogens is 4. The van der Waals surface area contributed by atoms with Gasteiger partial charge in [0.05, 0.1) is 22.8 Å². The summed E-state index contributed by atoms with van der Waals surface area (Å²) in [5, 5.41) is 9.21. The van der Waals surface area contributed by atoms with Gasteiger partial charge in [-0.3, -0.25) is 4.79 Å². The fourth-order valence-electron chi connectivity index (χ4n) is 5.41. The van der Waals surface area contributed by atoms with E-state index < -0.39 is 0 Å². The molecule has 1 saturated carbocycles. The number of nitrogens with zero attached hydrogens (tertiary/aromatic N) is 6. The van der Waals surface area contributed by atoms with Gasteiger partial charge in [0.25, 0.3) is 5.91 Å². The number of fused-ring (bicyclic) bond motifs is 1. The molecular weight excluding hydrogens is 426 g/mol. The van der Waals surface area contributed by atoms with Gasteiger partial charge in [0.2, 0.25) is 0 Å². The first-order valence-electron chi connectivity index (χ1n) is 12.7. The summed E-state index contributed by atoms with van der Waals surface area (Å²) in [4.78, 5) is 27.0. The lowest BCUT2D eigenvalue weighted by Crippen LogP contribution is -2.49. The van der Waals surface area contributed by atoms with Gasteiger partial charge in [-0.1, -0.05) is 25.3 Å². The molecule has 2 aliphatic rings.